The van der Waals surface area contributed by atoms with Crippen LogP contribution in [0.15, 0.2) is 23.1 Å². The Hall–Kier alpha value is -2.48. The number of carbonyl (C=O) groups excluding carboxylic acids is 3. The highest BCUT2D eigenvalue weighted by Gasteiger charge is 2.36. The van der Waals surface area contributed by atoms with Crippen molar-refractivity contribution in [2.75, 3.05) is 20.8 Å². The molecule has 1 saturated heterocycles. The lowest BCUT2D eigenvalue weighted by molar-refractivity contribution is -0.143. The topological polar surface area (TPSA) is 82.1 Å². The standard InChI is InChI=1S/C18H21NO6S/c1-5-11(2)25-13-7-6-12(8-14(13)23-3)9-15-17(21)19(18(22)26-15)10-16(20)24-4/h6-9,11H,5,10H2,1-4H3/b15-9-/t11-/m0/s1. The molecule has 1 fully saturated rings. The summed E-state index contributed by atoms with van der Waals surface area (Å²) in [6, 6.07) is 5.26. The summed E-state index contributed by atoms with van der Waals surface area (Å²) >= 11 is 0.780. The van der Waals surface area contributed by atoms with E-state index in [1.807, 2.05) is 13.8 Å². The van der Waals surface area contributed by atoms with Gasteiger partial charge < -0.3 is 14.2 Å². The van der Waals surface area contributed by atoms with E-state index in [-0.39, 0.29) is 11.0 Å². The number of esters is 1. The molecule has 1 atom stereocenters. The van der Waals surface area contributed by atoms with Crippen LogP contribution in [0.5, 0.6) is 11.5 Å². The highest BCUT2D eigenvalue weighted by molar-refractivity contribution is 8.18. The van der Waals surface area contributed by atoms with Gasteiger partial charge >= 0.3 is 5.97 Å². The van der Waals surface area contributed by atoms with Gasteiger partial charge in [0.2, 0.25) is 0 Å². The number of hydrogen-bond acceptors (Lipinski definition) is 7. The third kappa shape index (κ3) is 4.57. The molecule has 2 rings (SSSR count). The van der Waals surface area contributed by atoms with E-state index in [1.165, 1.54) is 14.2 Å². The highest BCUT2D eigenvalue weighted by Crippen LogP contribution is 2.34. The summed E-state index contributed by atoms with van der Waals surface area (Å²) in [5, 5.41) is -0.504. The second kappa shape index (κ2) is 8.75. The summed E-state index contributed by atoms with van der Waals surface area (Å²) in [4.78, 5) is 36.7. The van der Waals surface area contributed by atoms with Crippen LogP contribution in [0.4, 0.5) is 4.79 Å². The Bertz CT molecular complexity index is 745. The van der Waals surface area contributed by atoms with Gasteiger partial charge in [0.15, 0.2) is 11.5 Å². The van der Waals surface area contributed by atoms with Crippen molar-refractivity contribution in [3.05, 3.63) is 28.7 Å². The SMILES string of the molecule is CC[C@H](C)Oc1ccc(/C=C2\SC(=O)N(CC(=O)OC)C2=O)cc1OC. The number of amides is 2. The zero-order chi connectivity index (χ0) is 19.3. The number of hydrogen-bond donors (Lipinski definition) is 0. The van der Waals surface area contributed by atoms with Gasteiger partial charge in [0.25, 0.3) is 11.1 Å². The van der Waals surface area contributed by atoms with Gasteiger partial charge in [0, 0.05) is 0 Å². The van der Waals surface area contributed by atoms with E-state index in [0.717, 1.165) is 23.1 Å². The maximum Gasteiger partial charge on any atom is 0.325 e. The van der Waals surface area contributed by atoms with E-state index >= 15 is 0 Å². The number of imide groups is 1. The zero-order valence-corrected chi connectivity index (χ0v) is 15.9. The van der Waals surface area contributed by atoms with Crippen LogP contribution in [-0.2, 0) is 14.3 Å². The van der Waals surface area contributed by atoms with Crippen molar-refractivity contribution >= 4 is 35.0 Å². The summed E-state index contributed by atoms with van der Waals surface area (Å²) in [5.74, 6) is -0.0308. The van der Waals surface area contributed by atoms with Crippen molar-refractivity contribution in [1.29, 1.82) is 0 Å². The van der Waals surface area contributed by atoms with Crippen molar-refractivity contribution < 1.29 is 28.6 Å². The monoisotopic (exact) mass is 379 g/mol. The van der Waals surface area contributed by atoms with Crippen molar-refractivity contribution in [3.8, 4) is 11.5 Å². The van der Waals surface area contributed by atoms with Gasteiger partial charge in [-0.15, -0.1) is 0 Å². The van der Waals surface area contributed by atoms with Crippen LogP contribution in [0.1, 0.15) is 25.8 Å². The predicted molar refractivity (Wildman–Crippen MR) is 98.1 cm³/mol. The maximum absolute atomic E-state index is 12.3. The fourth-order valence-corrected chi connectivity index (χ4v) is 2.99. The molecule has 0 bridgehead atoms. The number of nitrogens with zero attached hydrogens (tertiary/aromatic N) is 1. The summed E-state index contributed by atoms with van der Waals surface area (Å²) in [6.07, 6.45) is 2.49. The van der Waals surface area contributed by atoms with Gasteiger partial charge in [-0.2, -0.15) is 0 Å². The van der Waals surface area contributed by atoms with Crippen molar-refractivity contribution in [1.82, 2.24) is 4.90 Å². The quantitative estimate of drug-likeness (QED) is 0.532. The number of rotatable bonds is 7. The molecule has 1 aromatic rings. The Balaban J connectivity index is 2.22. The zero-order valence-electron chi connectivity index (χ0n) is 15.1. The molecule has 1 heterocycles. The average molecular weight is 379 g/mol. The van der Waals surface area contributed by atoms with E-state index in [2.05, 4.69) is 4.74 Å². The van der Waals surface area contributed by atoms with Crippen LogP contribution < -0.4 is 9.47 Å². The van der Waals surface area contributed by atoms with Crippen molar-refractivity contribution in [2.24, 2.45) is 0 Å². The summed E-state index contributed by atoms with van der Waals surface area (Å²) in [7, 11) is 2.74. The van der Waals surface area contributed by atoms with Crippen LogP contribution in [0.2, 0.25) is 0 Å². The van der Waals surface area contributed by atoms with Crippen molar-refractivity contribution in [3.63, 3.8) is 0 Å². The largest absolute Gasteiger partial charge is 0.493 e. The molecule has 1 aliphatic rings. The number of methoxy groups -OCH3 is 2. The fourth-order valence-electron chi connectivity index (χ4n) is 2.15. The summed E-state index contributed by atoms with van der Waals surface area (Å²) < 4.78 is 15.6. The Kier molecular flexibility index (Phi) is 6.68. The van der Waals surface area contributed by atoms with Crippen LogP contribution >= 0.6 is 11.8 Å². The molecule has 0 aromatic heterocycles. The average Bonchev–Trinajstić information content (AvgIpc) is 2.89. The minimum atomic E-state index is -0.651. The third-order valence-corrected chi connectivity index (χ3v) is 4.68. The molecule has 140 valence electrons. The summed E-state index contributed by atoms with van der Waals surface area (Å²) in [6.45, 7) is 3.59. The van der Waals surface area contributed by atoms with Gasteiger partial charge in [-0.1, -0.05) is 13.0 Å². The lowest BCUT2D eigenvalue weighted by Gasteiger charge is -2.15. The highest BCUT2D eigenvalue weighted by atomic mass is 32.2. The lowest BCUT2D eigenvalue weighted by Crippen LogP contribution is -2.34. The molecule has 1 aliphatic heterocycles. The van der Waals surface area contributed by atoms with E-state index in [1.54, 1.807) is 24.3 Å². The third-order valence-electron chi connectivity index (χ3n) is 3.78. The Morgan fingerprint density at radius 2 is 2.00 bits per heavy atom. The van der Waals surface area contributed by atoms with Crippen LogP contribution in [0.25, 0.3) is 6.08 Å². The first-order valence-corrected chi connectivity index (χ1v) is 8.88. The second-order valence-corrected chi connectivity index (χ2v) is 6.58. The number of benzene rings is 1. The van der Waals surface area contributed by atoms with E-state index in [9.17, 15) is 14.4 Å². The van der Waals surface area contributed by atoms with Gasteiger partial charge in [0.05, 0.1) is 25.2 Å². The normalized spacial score (nSPS) is 16.8. The molecular weight excluding hydrogens is 358 g/mol. The molecular formula is C18H21NO6S. The molecule has 0 aliphatic carbocycles. The molecule has 0 N–H and O–H groups in total. The van der Waals surface area contributed by atoms with Crippen LogP contribution in [0, 0.1) is 0 Å². The van der Waals surface area contributed by atoms with Gasteiger partial charge in [-0.05, 0) is 48.9 Å². The number of ether oxygens (including phenoxy) is 3. The van der Waals surface area contributed by atoms with E-state index in [0.29, 0.717) is 17.1 Å². The molecule has 2 amide bonds. The van der Waals surface area contributed by atoms with Gasteiger partial charge in [-0.3, -0.25) is 19.3 Å². The van der Waals surface area contributed by atoms with E-state index in [4.69, 9.17) is 9.47 Å². The van der Waals surface area contributed by atoms with E-state index < -0.39 is 23.7 Å². The minimum absolute atomic E-state index is 0.0459. The lowest BCUT2D eigenvalue weighted by atomic mass is 10.1. The predicted octanol–water partition coefficient (Wildman–Crippen LogP) is 3.08. The first kappa shape index (κ1) is 19.8. The Morgan fingerprint density at radius 1 is 1.27 bits per heavy atom. The number of thioether (sulfide) groups is 1. The fraction of sp³-hybridized carbons (Fsp3) is 0.389. The molecule has 7 nitrogen and oxygen atoms in total. The molecule has 8 heteroatoms. The molecule has 0 unspecified atom stereocenters. The number of carbonyl (C=O) groups is 3. The first-order valence-electron chi connectivity index (χ1n) is 8.06. The second-order valence-electron chi connectivity index (χ2n) is 5.59. The molecule has 0 saturated carbocycles. The smallest absolute Gasteiger partial charge is 0.325 e. The maximum atomic E-state index is 12.3. The molecule has 26 heavy (non-hydrogen) atoms. The van der Waals surface area contributed by atoms with Crippen LogP contribution in [0.3, 0.4) is 0 Å². The van der Waals surface area contributed by atoms with Crippen molar-refractivity contribution in [2.45, 2.75) is 26.4 Å². The Morgan fingerprint density at radius 3 is 2.62 bits per heavy atom. The molecule has 0 spiro atoms. The van der Waals surface area contributed by atoms with Gasteiger partial charge in [0.1, 0.15) is 6.54 Å². The first-order chi connectivity index (χ1) is 12.4. The van der Waals surface area contributed by atoms with Gasteiger partial charge in [-0.25, -0.2) is 0 Å². The van der Waals surface area contributed by atoms with Crippen LogP contribution in [-0.4, -0.2) is 48.9 Å². The summed E-state index contributed by atoms with van der Waals surface area (Å²) in [5.41, 5.74) is 0.682. The Labute approximate surface area is 156 Å². The molecule has 0 radical (unpaired) electrons. The minimum Gasteiger partial charge on any atom is -0.493 e. The molecule has 1 aromatic carbocycles.